The molecule has 0 aromatic rings. The zero-order valence-corrected chi connectivity index (χ0v) is 12.9. The molecular weight excluding hydrogens is 270 g/mol. The molecule has 2 atom stereocenters. The van der Waals surface area contributed by atoms with Gasteiger partial charge in [-0.1, -0.05) is 13.3 Å². The number of unbranched alkanes of at least 4 members (excludes halogenated alkanes) is 1. The summed E-state index contributed by atoms with van der Waals surface area (Å²) in [6, 6.07) is -0.838. The number of carbonyl (C=O) groups is 2. The molecule has 0 aliphatic carbocycles. The van der Waals surface area contributed by atoms with Gasteiger partial charge >= 0.3 is 6.03 Å². The number of hydrogen-bond donors (Lipinski definition) is 1. The summed E-state index contributed by atoms with van der Waals surface area (Å²) in [6.07, 6.45) is 1.73. The molecule has 1 N–H and O–H groups in total. The number of imide groups is 1. The van der Waals surface area contributed by atoms with Crippen LogP contribution in [0.2, 0.25) is 0 Å². The number of guanidine groups is 1. The van der Waals surface area contributed by atoms with Crippen LogP contribution in [0.25, 0.3) is 0 Å². The largest absolute Gasteiger partial charge is 0.325 e. The average Bonchev–Trinajstić information content (AvgIpc) is 2.93. The van der Waals surface area contributed by atoms with E-state index in [1.165, 1.54) is 4.90 Å². The van der Waals surface area contributed by atoms with Gasteiger partial charge in [0.05, 0.1) is 0 Å². The third-order valence-electron chi connectivity index (χ3n) is 4.51. The highest BCUT2D eigenvalue weighted by molar-refractivity contribution is 6.05. The lowest BCUT2D eigenvalue weighted by molar-refractivity contribution is -0.126. The standard InChI is InChI=1S/C14H21N5O2/c1-5-6-7-18-8(2)9(3)19-10-11(15-13(18)19)17(4)14(21)16-12(10)20/h10-11H,5-7H2,1-4H3,(H,16,20,21). The molecule has 3 aliphatic rings. The molecule has 0 radical (unpaired) electrons. The van der Waals surface area contributed by atoms with Gasteiger partial charge in [0.15, 0.2) is 12.2 Å². The Morgan fingerprint density at radius 1 is 1.24 bits per heavy atom. The molecule has 2 unspecified atom stereocenters. The minimum Gasteiger partial charge on any atom is -0.315 e. The first-order valence-electron chi connectivity index (χ1n) is 7.37. The van der Waals surface area contributed by atoms with Crippen molar-refractivity contribution in [3.8, 4) is 0 Å². The van der Waals surface area contributed by atoms with Crippen LogP contribution in [0.1, 0.15) is 33.6 Å². The van der Waals surface area contributed by atoms with E-state index < -0.39 is 12.2 Å². The molecule has 0 bridgehead atoms. The van der Waals surface area contributed by atoms with Crippen LogP contribution in [-0.2, 0) is 4.79 Å². The second-order valence-electron chi connectivity index (χ2n) is 5.74. The van der Waals surface area contributed by atoms with Gasteiger partial charge in [0.25, 0.3) is 5.91 Å². The van der Waals surface area contributed by atoms with Crippen LogP contribution in [0.3, 0.4) is 0 Å². The van der Waals surface area contributed by atoms with E-state index in [2.05, 4.69) is 29.1 Å². The third-order valence-corrected chi connectivity index (χ3v) is 4.51. The molecule has 7 heteroatoms. The van der Waals surface area contributed by atoms with Gasteiger partial charge in [0.1, 0.15) is 0 Å². The van der Waals surface area contributed by atoms with Crippen molar-refractivity contribution in [3.05, 3.63) is 11.4 Å². The number of rotatable bonds is 3. The fraction of sp³-hybridized carbons (Fsp3) is 0.643. The molecule has 3 amide bonds. The minimum absolute atomic E-state index is 0.272. The van der Waals surface area contributed by atoms with Crippen LogP contribution in [0.4, 0.5) is 4.79 Å². The Morgan fingerprint density at radius 2 is 1.95 bits per heavy atom. The third kappa shape index (κ3) is 1.83. The molecule has 3 heterocycles. The van der Waals surface area contributed by atoms with Crippen molar-refractivity contribution < 1.29 is 9.59 Å². The molecule has 114 valence electrons. The Balaban J connectivity index is 1.96. The highest BCUT2D eigenvalue weighted by Crippen LogP contribution is 2.36. The summed E-state index contributed by atoms with van der Waals surface area (Å²) < 4.78 is 0. The molecule has 0 aromatic heterocycles. The molecule has 0 saturated carbocycles. The van der Waals surface area contributed by atoms with Crippen molar-refractivity contribution in [2.75, 3.05) is 13.6 Å². The van der Waals surface area contributed by atoms with Gasteiger partial charge in [-0.15, -0.1) is 0 Å². The number of urea groups is 1. The SMILES string of the molecule is CCCCN1C2=NC3C(C(=O)NC(=O)N3C)N2C(C)=C1C. The normalized spacial score (nSPS) is 28.0. The second-order valence-corrected chi connectivity index (χ2v) is 5.74. The molecule has 1 fully saturated rings. The summed E-state index contributed by atoms with van der Waals surface area (Å²) in [6.45, 7) is 7.09. The summed E-state index contributed by atoms with van der Waals surface area (Å²) in [5.74, 6) is 0.525. The molecule has 0 spiro atoms. The number of nitrogens with one attached hydrogen (secondary N) is 1. The van der Waals surface area contributed by atoms with Crippen LogP contribution in [0.15, 0.2) is 16.4 Å². The van der Waals surface area contributed by atoms with Gasteiger partial charge in [-0.05, 0) is 20.3 Å². The van der Waals surface area contributed by atoms with E-state index in [0.29, 0.717) is 0 Å². The fourth-order valence-electron chi connectivity index (χ4n) is 3.11. The van der Waals surface area contributed by atoms with Gasteiger partial charge in [0.2, 0.25) is 5.96 Å². The van der Waals surface area contributed by atoms with Crippen LogP contribution >= 0.6 is 0 Å². The Morgan fingerprint density at radius 3 is 2.62 bits per heavy atom. The Bertz CT molecular complexity index is 568. The summed E-state index contributed by atoms with van der Waals surface area (Å²) in [5.41, 5.74) is 2.17. The van der Waals surface area contributed by atoms with Crippen LogP contribution in [0, 0.1) is 0 Å². The van der Waals surface area contributed by atoms with Gasteiger partial charge in [-0.25, -0.2) is 9.79 Å². The Labute approximate surface area is 124 Å². The topological polar surface area (TPSA) is 68.2 Å². The number of nitrogens with zero attached hydrogens (tertiary/aromatic N) is 4. The molecule has 7 nitrogen and oxygen atoms in total. The maximum Gasteiger partial charge on any atom is 0.325 e. The number of carbonyl (C=O) groups excluding carboxylic acids is 2. The van der Waals surface area contributed by atoms with E-state index in [1.807, 2.05) is 11.8 Å². The number of amides is 3. The lowest BCUT2D eigenvalue weighted by Crippen LogP contribution is -2.63. The van der Waals surface area contributed by atoms with Gasteiger partial charge in [-0.3, -0.25) is 15.0 Å². The predicted molar refractivity (Wildman–Crippen MR) is 78.1 cm³/mol. The monoisotopic (exact) mass is 291 g/mol. The summed E-state index contributed by atoms with van der Waals surface area (Å²) in [5, 5.41) is 2.40. The summed E-state index contributed by atoms with van der Waals surface area (Å²) in [4.78, 5) is 34.3. The maximum absolute atomic E-state index is 12.2. The van der Waals surface area contributed by atoms with Crippen LogP contribution in [0.5, 0.6) is 0 Å². The average molecular weight is 291 g/mol. The summed E-state index contributed by atoms with van der Waals surface area (Å²) in [7, 11) is 1.67. The van der Waals surface area contributed by atoms with E-state index in [4.69, 9.17) is 0 Å². The van der Waals surface area contributed by atoms with Crippen molar-refractivity contribution in [2.24, 2.45) is 4.99 Å². The number of allylic oxidation sites excluding steroid dienone is 2. The molecule has 21 heavy (non-hydrogen) atoms. The first-order chi connectivity index (χ1) is 9.97. The van der Waals surface area contributed by atoms with E-state index in [-0.39, 0.29) is 11.9 Å². The van der Waals surface area contributed by atoms with Crippen molar-refractivity contribution in [1.82, 2.24) is 20.0 Å². The predicted octanol–water partition coefficient (Wildman–Crippen LogP) is 0.901. The number of aliphatic imine (C=N–C) groups is 1. The van der Waals surface area contributed by atoms with E-state index in [1.54, 1.807) is 7.05 Å². The van der Waals surface area contributed by atoms with Crippen molar-refractivity contribution in [1.29, 1.82) is 0 Å². The first kappa shape index (κ1) is 13.9. The van der Waals surface area contributed by atoms with Crippen molar-refractivity contribution >= 4 is 17.9 Å². The van der Waals surface area contributed by atoms with Crippen LogP contribution < -0.4 is 5.32 Å². The zero-order chi connectivity index (χ0) is 15.3. The van der Waals surface area contributed by atoms with E-state index in [0.717, 1.165) is 36.7 Å². The lowest BCUT2D eigenvalue weighted by Gasteiger charge is -2.35. The summed E-state index contributed by atoms with van der Waals surface area (Å²) >= 11 is 0. The molecular formula is C14H21N5O2. The number of likely N-dealkylation sites (N-methyl/N-ethyl adjacent to an activating group) is 1. The second kappa shape index (κ2) is 4.75. The smallest absolute Gasteiger partial charge is 0.315 e. The van der Waals surface area contributed by atoms with Crippen molar-refractivity contribution in [3.63, 3.8) is 0 Å². The highest BCUT2D eigenvalue weighted by Gasteiger charge is 2.52. The van der Waals surface area contributed by atoms with Crippen molar-refractivity contribution in [2.45, 2.75) is 45.8 Å². The molecule has 1 saturated heterocycles. The van der Waals surface area contributed by atoms with Gasteiger partial charge in [0, 0.05) is 25.0 Å². The Kier molecular flexibility index (Phi) is 3.15. The van der Waals surface area contributed by atoms with E-state index in [9.17, 15) is 9.59 Å². The first-order valence-corrected chi connectivity index (χ1v) is 7.37. The van der Waals surface area contributed by atoms with Gasteiger partial charge < -0.3 is 9.80 Å². The quantitative estimate of drug-likeness (QED) is 0.839. The van der Waals surface area contributed by atoms with E-state index >= 15 is 0 Å². The maximum atomic E-state index is 12.2. The number of hydrogen-bond acceptors (Lipinski definition) is 5. The minimum atomic E-state index is -0.454. The zero-order valence-electron chi connectivity index (χ0n) is 12.9. The molecule has 3 aliphatic heterocycles. The lowest BCUT2D eigenvalue weighted by atomic mass is 10.1. The molecule has 0 aromatic carbocycles. The fourth-order valence-corrected chi connectivity index (χ4v) is 3.11. The number of fused-ring (bicyclic) bond motifs is 3. The van der Waals surface area contributed by atoms with Gasteiger partial charge in [-0.2, -0.15) is 0 Å². The highest BCUT2D eigenvalue weighted by atomic mass is 16.2. The van der Waals surface area contributed by atoms with Crippen LogP contribution in [-0.4, -0.2) is 58.4 Å². The molecule has 3 rings (SSSR count). The Hall–Kier alpha value is -2.05.